The lowest BCUT2D eigenvalue weighted by molar-refractivity contribution is 0.247. The number of hydrogen-bond donors (Lipinski definition) is 1. The molecule has 0 unspecified atom stereocenters. The zero-order valence-corrected chi connectivity index (χ0v) is 9.32. The number of benzene rings is 1. The van der Waals surface area contributed by atoms with Gasteiger partial charge in [0, 0.05) is 18.9 Å². The van der Waals surface area contributed by atoms with Gasteiger partial charge in [-0.15, -0.1) is 0 Å². The maximum Gasteiger partial charge on any atom is 0.318 e. The zero-order chi connectivity index (χ0) is 11.8. The number of nitrogens with two attached hydrogens (primary N) is 1. The molecule has 0 aliphatic heterocycles. The van der Waals surface area contributed by atoms with Crippen molar-refractivity contribution in [3.05, 3.63) is 18.2 Å². The van der Waals surface area contributed by atoms with Crippen molar-refractivity contribution in [2.75, 3.05) is 18.8 Å². The summed E-state index contributed by atoms with van der Waals surface area (Å²) < 4.78 is 32.8. The topological polar surface area (TPSA) is 95.4 Å². The number of nitrogen functional groups attached to an aromatic ring is 1. The highest BCUT2D eigenvalue weighted by Crippen LogP contribution is 2.21. The Balaban J connectivity index is 2.55. The Morgan fingerprint density at radius 3 is 2.94 bits per heavy atom. The number of sulfone groups is 1. The van der Waals surface area contributed by atoms with Crippen LogP contribution < -0.4 is 5.73 Å². The van der Waals surface area contributed by atoms with Crippen LogP contribution in [0, 0.1) is 0 Å². The number of methoxy groups -OCH3 is 1. The molecule has 1 aromatic carbocycles. The van der Waals surface area contributed by atoms with Crippen LogP contribution in [0.5, 0.6) is 0 Å². The van der Waals surface area contributed by atoms with E-state index in [0.29, 0.717) is 16.8 Å². The fourth-order valence-electron chi connectivity index (χ4n) is 1.26. The molecule has 6 nitrogen and oxygen atoms in total. The number of oxazole rings is 1. The van der Waals surface area contributed by atoms with Gasteiger partial charge < -0.3 is 14.9 Å². The van der Waals surface area contributed by atoms with Crippen molar-refractivity contribution in [2.45, 2.75) is 5.22 Å². The van der Waals surface area contributed by atoms with Crippen molar-refractivity contribution >= 4 is 26.6 Å². The second-order valence-corrected chi connectivity index (χ2v) is 5.04. The Bertz CT molecular complexity index is 617. The molecule has 0 saturated carbocycles. The second-order valence-electron chi connectivity index (χ2n) is 3.23. The quantitative estimate of drug-likeness (QED) is 0.799. The van der Waals surface area contributed by atoms with Crippen LogP contribution in [0.4, 0.5) is 5.69 Å². The van der Waals surface area contributed by atoms with Crippen LogP contribution in [0.1, 0.15) is 0 Å². The van der Waals surface area contributed by atoms with Crippen molar-refractivity contribution < 1.29 is 17.6 Å². The Hall–Kier alpha value is -1.60. The normalized spacial score (nSPS) is 12.1. The molecule has 16 heavy (non-hydrogen) atoms. The highest BCUT2D eigenvalue weighted by atomic mass is 32.2. The average Bonchev–Trinajstić information content (AvgIpc) is 2.61. The second kappa shape index (κ2) is 3.76. The van der Waals surface area contributed by atoms with E-state index in [2.05, 4.69) is 9.72 Å². The van der Waals surface area contributed by atoms with Gasteiger partial charge in [0.25, 0.3) is 9.84 Å². The first-order valence-corrected chi connectivity index (χ1v) is 6.06. The van der Waals surface area contributed by atoms with Crippen molar-refractivity contribution in [3.63, 3.8) is 0 Å². The number of rotatable bonds is 3. The molecule has 0 fully saturated rings. The van der Waals surface area contributed by atoms with E-state index >= 15 is 0 Å². The Labute approximate surface area is 91.9 Å². The van der Waals surface area contributed by atoms with Gasteiger partial charge in [0.1, 0.15) is 5.52 Å². The van der Waals surface area contributed by atoms with Crippen LogP contribution in [0.15, 0.2) is 27.8 Å². The van der Waals surface area contributed by atoms with Gasteiger partial charge in [-0.05, 0) is 12.1 Å². The summed E-state index contributed by atoms with van der Waals surface area (Å²) in [5, 5.41) is -0.352. The summed E-state index contributed by atoms with van der Waals surface area (Å²) >= 11 is 0. The molecule has 1 heterocycles. The molecule has 7 heteroatoms. The summed E-state index contributed by atoms with van der Waals surface area (Å²) in [6.45, 7) is 0. The molecule has 2 rings (SSSR count). The molecule has 0 aliphatic carbocycles. The molecule has 0 atom stereocenters. The van der Waals surface area contributed by atoms with Crippen molar-refractivity contribution in [1.29, 1.82) is 0 Å². The minimum absolute atomic E-state index is 0.342. The van der Waals surface area contributed by atoms with E-state index in [1.807, 2.05) is 0 Å². The van der Waals surface area contributed by atoms with Crippen LogP contribution in [-0.4, -0.2) is 26.5 Å². The van der Waals surface area contributed by atoms with Gasteiger partial charge >= 0.3 is 5.22 Å². The van der Waals surface area contributed by atoms with E-state index < -0.39 is 15.8 Å². The van der Waals surface area contributed by atoms with Gasteiger partial charge in [0.2, 0.25) is 0 Å². The summed E-state index contributed by atoms with van der Waals surface area (Å²) in [6, 6.07) is 4.74. The Morgan fingerprint density at radius 1 is 1.50 bits per heavy atom. The van der Waals surface area contributed by atoms with E-state index in [-0.39, 0.29) is 5.22 Å². The molecule has 0 saturated heterocycles. The van der Waals surface area contributed by atoms with Gasteiger partial charge in [0.15, 0.2) is 11.5 Å². The largest absolute Gasteiger partial charge is 0.428 e. The number of fused-ring (bicyclic) bond motifs is 1. The highest BCUT2D eigenvalue weighted by Gasteiger charge is 2.21. The monoisotopic (exact) mass is 242 g/mol. The minimum Gasteiger partial charge on any atom is -0.428 e. The van der Waals surface area contributed by atoms with Crippen LogP contribution in [0.25, 0.3) is 11.1 Å². The summed E-state index contributed by atoms with van der Waals surface area (Å²) in [5.74, 6) is -0.463. The highest BCUT2D eigenvalue weighted by molar-refractivity contribution is 7.91. The number of anilines is 1. The van der Waals surface area contributed by atoms with Gasteiger partial charge in [-0.25, -0.2) is 8.42 Å². The van der Waals surface area contributed by atoms with Crippen LogP contribution in [0.2, 0.25) is 0 Å². The van der Waals surface area contributed by atoms with Gasteiger partial charge in [-0.2, -0.15) is 4.98 Å². The average molecular weight is 242 g/mol. The molecule has 2 N–H and O–H groups in total. The van der Waals surface area contributed by atoms with E-state index in [1.165, 1.54) is 13.2 Å². The predicted octanol–water partition coefficient (Wildman–Crippen LogP) is 0.788. The number of nitrogens with zero attached hydrogens (tertiary/aromatic N) is 1. The first-order valence-electron chi connectivity index (χ1n) is 4.41. The molecule has 0 aliphatic rings. The van der Waals surface area contributed by atoms with Crippen LogP contribution in [0.3, 0.4) is 0 Å². The fraction of sp³-hybridized carbons (Fsp3) is 0.222. The number of ether oxygens (including phenoxy) is 1. The molecular formula is C9H10N2O4S. The van der Waals surface area contributed by atoms with Gasteiger partial charge in [-0.3, -0.25) is 0 Å². The van der Waals surface area contributed by atoms with Gasteiger partial charge in [0.05, 0.1) is 0 Å². The smallest absolute Gasteiger partial charge is 0.318 e. The third-order valence-electron chi connectivity index (χ3n) is 1.93. The van der Waals surface area contributed by atoms with Crippen molar-refractivity contribution in [3.8, 4) is 0 Å². The SMILES string of the molecule is COCS(=O)(=O)c1nc2ccc(N)cc2o1. The molecule has 0 bridgehead atoms. The molecule has 0 radical (unpaired) electrons. The number of hydrogen-bond acceptors (Lipinski definition) is 6. The number of aromatic nitrogens is 1. The lowest BCUT2D eigenvalue weighted by Crippen LogP contribution is -2.08. The standard InChI is InChI=1S/C9H10N2O4S/c1-14-5-16(12,13)9-11-7-3-2-6(10)4-8(7)15-9/h2-4H,5,10H2,1H3. The predicted molar refractivity (Wildman–Crippen MR) is 57.5 cm³/mol. The first-order chi connectivity index (χ1) is 7.53. The van der Waals surface area contributed by atoms with Gasteiger partial charge in [-0.1, -0.05) is 0 Å². The lowest BCUT2D eigenvalue weighted by Gasteiger charge is -1.95. The third kappa shape index (κ3) is 1.86. The summed E-state index contributed by atoms with van der Waals surface area (Å²) in [7, 11) is -2.34. The van der Waals surface area contributed by atoms with Crippen LogP contribution >= 0.6 is 0 Å². The molecule has 0 amide bonds. The van der Waals surface area contributed by atoms with E-state index in [9.17, 15) is 8.42 Å². The van der Waals surface area contributed by atoms with E-state index in [1.54, 1.807) is 12.1 Å². The Kier molecular flexibility index (Phi) is 2.56. The summed E-state index contributed by atoms with van der Waals surface area (Å²) in [4.78, 5) is 3.85. The lowest BCUT2D eigenvalue weighted by atomic mass is 10.3. The molecular weight excluding hydrogens is 232 g/mol. The fourth-order valence-corrected chi connectivity index (χ4v) is 2.12. The Morgan fingerprint density at radius 2 is 2.25 bits per heavy atom. The molecule has 2 aromatic rings. The maximum absolute atomic E-state index is 11.6. The summed E-state index contributed by atoms with van der Waals surface area (Å²) in [6.07, 6.45) is 0. The van der Waals surface area contributed by atoms with E-state index in [0.717, 1.165) is 0 Å². The van der Waals surface area contributed by atoms with Crippen molar-refractivity contribution in [2.24, 2.45) is 0 Å². The molecule has 1 aromatic heterocycles. The third-order valence-corrected chi connectivity index (χ3v) is 3.18. The molecule has 0 spiro atoms. The first kappa shape index (κ1) is 10.9. The van der Waals surface area contributed by atoms with E-state index in [4.69, 9.17) is 10.2 Å². The minimum atomic E-state index is -3.63. The van der Waals surface area contributed by atoms with Crippen molar-refractivity contribution in [1.82, 2.24) is 4.98 Å². The summed E-state index contributed by atoms with van der Waals surface area (Å²) in [5.41, 5.74) is 6.81. The zero-order valence-electron chi connectivity index (χ0n) is 8.50. The molecule has 86 valence electrons. The maximum atomic E-state index is 11.6. The van der Waals surface area contributed by atoms with Crippen LogP contribution in [-0.2, 0) is 14.6 Å².